The van der Waals surface area contributed by atoms with Crippen LogP contribution in [-0.4, -0.2) is 46.0 Å². The Morgan fingerprint density at radius 3 is 1.95 bits per heavy atom. The third-order valence-electron chi connectivity index (χ3n) is 6.34. The van der Waals surface area contributed by atoms with Gasteiger partial charge in [-0.25, -0.2) is 0 Å². The number of carbonyl (C=O) groups is 2. The summed E-state index contributed by atoms with van der Waals surface area (Å²) >= 11 is 0. The molecule has 0 aliphatic carbocycles. The number of hydrogen-bond donors (Lipinski definition) is 3. The van der Waals surface area contributed by atoms with Gasteiger partial charge < -0.3 is 25.4 Å². The van der Waals surface area contributed by atoms with E-state index in [9.17, 15) is 19.8 Å². The van der Waals surface area contributed by atoms with Gasteiger partial charge in [-0.15, -0.1) is 0 Å². The number of aliphatic hydroxyl groups is 1. The molecule has 2 rings (SSSR count). The van der Waals surface area contributed by atoms with Crippen molar-refractivity contribution in [2.45, 2.75) is 84.2 Å². The van der Waals surface area contributed by atoms with Gasteiger partial charge in [-0.1, -0.05) is 74.5 Å². The maximum Gasteiger partial charge on any atom is 0.324 e. The number of ether oxygens (including phenoxy) is 2. The molecule has 4 N–H and O–H groups in total. The standard InChI is InChI=1S/C30H43NO6/c1-28(2,3)37-26(33)24(19-29(4,5)16-17-36-21-23-14-10-7-11-15-23)25(32)20-30(31,27(34)35)18-22-12-8-6-9-13-22/h6-15,24-25,32H,16-21,31H2,1-5H3,(H,34,35)/t24-,25-,30+/m0/s1. The predicted octanol–water partition coefficient (Wildman–Crippen LogP) is 4.74. The highest BCUT2D eigenvalue weighted by Gasteiger charge is 2.43. The van der Waals surface area contributed by atoms with Crippen molar-refractivity contribution in [3.05, 3.63) is 71.8 Å². The summed E-state index contributed by atoms with van der Waals surface area (Å²) in [5, 5.41) is 21.2. The zero-order valence-corrected chi connectivity index (χ0v) is 22.8. The molecule has 0 aliphatic heterocycles. The SMILES string of the molecule is CC(C)(CCOCc1ccccc1)C[C@H](C(=O)OC(C)(C)C)[C@@H](O)C[C@](N)(Cc1ccccc1)C(=O)O. The van der Waals surface area contributed by atoms with E-state index in [1.807, 2.05) is 50.2 Å². The molecule has 37 heavy (non-hydrogen) atoms. The fourth-order valence-corrected chi connectivity index (χ4v) is 4.27. The van der Waals surface area contributed by atoms with Crippen LogP contribution in [0.25, 0.3) is 0 Å². The molecule has 2 aromatic carbocycles. The number of esters is 1. The zero-order valence-electron chi connectivity index (χ0n) is 22.8. The van der Waals surface area contributed by atoms with E-state index in [2.05, 4.69) is 0 Å². The van der Waals surface area contributed by atoms with E-state index in [4.69, 9.17) is 15.2 Å². The summed E-state index contributed by atoms with van der Waals surface area (Å²) in [6.07, 6.45) is -0.634. The molecule has 204 valence electrons. The average Bonchev–Trinajstić information content (AvgIpc) is 2.80. The van der Waals surface area contributed by atoms with Crippen LogP contribution in [0.15, 0.2) is 60.7 Å². The smallest absolute Gasteiger partial charge is 0.324 e. The van der Waals surface area contributed by atoms with Crippen molar-refractivity contribution in [2.75, 3.05) is 6.61 Å². The molecule has 0 bridgehead atoms. The summed E-state index contributed by atoms with van der Waals surface area (Å²) in [4.78, 5) is 25.4. The van der Waals surface area contributed by atoms with Crippen LogP contribution >= 0.6 is 0 Å². The minimum atomic E-state index is -1.75. The lowest BCUT2D eigenvalue weighted by atomic mass is 9.75. The maximum atomic E-state index is 13.2. The number of aliphatic carboxylic acids is 1. The molecule has 0 fully saturated rings. The Balaban J connectivity index is 2.13. The number of hydrogen-bond acceptors (Lipinski definition) is 6. The maximum absolute atomic E-state index is 13.2. The molecule has 0 saturated heterocycles. The molecule has 3 atom stereocenters. The lowest BCUT2D eigenvalue weighted by Crippen LogP contribution is -2.54. The summed E-state index contributed by atoms with van der Waals surface area (Å²) in [6, 6.07) is 18.9. The van der Waals surface area contributed by atoms with E-state index < -0.39 is 35.1 Å². The first kappa shape index (κ1) is 30.5. The number of aliphatic hydroxyl groups excluding tert-OH is 1. The van der Waals surface area contributed by atoms with Crippen LogP contribution in [0.3, 0.4) is 0 Å². The van der Waals surface area contributed by atoms with Gasteiger partial charge in [0.15, 0.2) is 0 Å². The van der Waals surface area contributed by atoms with E-state index in [0.29, 0.717) is 26.1 Å². The minimum absolute atomic E-state index is 0.0258. The number of rotatable bonds is 14. The van der Waals surface area contributed by atoms with Crippen LogP contribution in [0.1, 0.15) is 65.0 Å². The second-order valence-electron chi connectivity index (χ2n) is 11.7. The number of carboxylic acids is 1. The third-order valence-corrected chi connectivity index (χ3v) is 6.34. The summed E-state index contributed by atoms with van der Waals surface area (Å²) in [6.45, 7) is 10.2. The Kier molecular flexibility index (Phi) is 10.9. The van der Waals surface area contributed by atoms with Gasteiger partial charge in [0.25, 0.3) is 0 Å². The van der Waals surface area contributed by atoms with Gasteiger partial charge in [0.1, 0.15) is 11.1 Å². The second-order valence-corrected chi connectivity index (χ2v) is 11.7. The molecule has 7 nitrogen and oxygen atoms in total. The molecule has 2 aromatic rings. The van der Waals surface area contributed by atoms with Crippen molar-refractivity contribution in [1.82, 2.24) is 0 Å². The lowest BCUT2D eigenvalue weighted by molar-refractivity contribution is -0.167. The van der Waals surface area contributed by atoms with Crippen molar-refractivity contribution in [3.63, 3.8) is 0 Å². The lowest BCUT2D eigenvalue weighted by Gasteiger charge is -2.35. The van der Waals surface area contributed by atoms with E-state index in [1.165, 1.54) is 0 Å². The van der Waals surface area contributed by atoms with Crippen molar-refractivity contribution in [2.24, 2.45) is 17.1 Å². The van der Waals surface area contributed by atoms with E-state index in [-0.39, 0.29) is 18.3 Å². The Morgan fingerprint density at radius 2 is 1.43 bits per heavy atom. The molecule has 0 spiro atoms. The Bertz CT molecular complexity index is 986. The van der Waals surface area contributed by atoms with Gasteiger partial charge >= 0.3 is 11.9 Å². The average molecular weight is 514 g/mol. The van der Waals surface area contributed by atoms with Gasteiger partial charge in [-0.2, -0.15) is 0 Å². The molecule has 0 aliphatic rings. The quantitative estimate of drug-likeness (QED) is 0.246. The zero-order chi connectivity index (χ0) is 27.7. The van der Waals surface area contributed by atoms with Gasteiger partial charge in [-0.05, 0) is 50.2 Å². The number of benzene rings is 2. The fraction of sp³-hybridized carbons (Fsp3) is 0.533. The van der Waals surface area contributed by atoms with Gasteiger partial charge in [0.2, 0.25) is 0 Å². The highest BCUT2D eigenvalue weighted by Crippen LogP contribution is 2.34. The summed E-state index contributed by atoms with van der Waals surface area (Å²) in [5.74, 6) is -2.74. The molecule has 0 radical (unpaired) electrons. The number of nitrogens with two attached hydrogens (primary N) is 1. The Labute approximate surface area is 221 Å². The minimum Gasteiger partial charge on any atom is -0.480 e. The van der Waals surface area contributed by atoms with Crippen molar-refractivity contribution >= 4 is 11.9 Å². The second kappa shape index (κ2) is 13.2. The third kappa shape index (κ3) is 10.6. The van der Waals surface area contributed by atoms with E-state index in [1.54, 1.807) is 45.0 Å². The normalized spacial score (nSPS) is 15.4. The van der Waals surface area contributed by atoms with Crippen LogP contribution in [0, 0.1) is 11.3 Å². The van der Waals surface area contributed by atoms with Crippen LogP contribution in [0.4, 0.5) is 0 Å². The van der Waals surface area contributed by atoms with E-state index in [0.717, 1.165) is 11.1 Å². The summed E-state index contributed by atoms with van der Waals surface area (Å²) in [5.41, 5.74) is 5.25. The van der Waals surface area contributed by atoms with Gasteiger partial charge in [0, 0.05) is 19.4 Å². The highest BCUT2D eigenvalue weighted by molar-refractivity contribution is 5.79. The van der Waals surface area contributed by atoms with Crippen LogP contribution in [0.2, 0.25) is 0 Å². The topological polar surface area (TPSA) is 119 Å². The fourth-order valence-electron chi connectivity index (χ4n) is 4.27. The first-order valence-electron chi connectivity index (χ1n) is 12.8. The van der Waals surface area contributed by atoms with Gasteiger partial charge in [-0.3, -0.25) is 9.59 Å². The highest BCUT2D eigenvalue weighted by atomic mass is 16.6. The molecule has 0 saturated carbocycles. The van der Waals surface area contributed by atoms with Crippen molar-refractivity contribution in [1.29, 1.82) is 0 Å². The number of carbonyl (C=O) groups excluding carboxylic acids is 1. The number of carboxylic acid groups (broad SMARTS) is 1. The van der Waals surface area contributed by atoms with Crippen LogP contribution in [-0.2, 0) is 32.1 Å². The van der Waals surface area contributed by atoms with Crippen molar-refractivity contribution in [3.8, 4) is 0 Å². The van der Waals surface area contributed by atoms with E-state index >= 15 is 0 Å². The summed E-state index contributed by atoms with van der Waals surface area (Å²) < 4.78 is 11.5. The molecule has 0 amide bonds. The molecule has 0 aromatic heterocycles. The van der Waals surface area contributed by atoms with Gasteiger partial charge in [0.05, 0.1) is 18.6 Å². The predicted molar refractivity (Wildman–Crippen MR) is 144 cm³/mol. The van der Waals surface area contributed by atoms with Crippen LogP contribution < -0.4 is 5.73 Å². The molecule has 0 unspecified atom stereocenters. The first-order chi connectivity index (χ1) is 17.2. The molecule has 0 heterocycles. The monoisotopic (exact) mass is 513 g/mol. The molecular formula is C30H43NO6. The Morgan fingerprint density at radius 1 is 0.892 bits per heavy atom. The Hall–Kier alpha value is -2.74. The molecule has 7 heteroatoms. The van der Waals surface area contributed by atoms with Crippen LogP contribution in [0.5, 0.6) is 0 Å². The largest absolute Gasteiger partial charge is 0.480 e. The summed E-state index contributed by atoms with van der Waals surface area (Å²) in [7, 11) is 0. The van der Waals surface area contributed by atoms with Crippen molar-refractivity contribution < 1.29 is 29.3 Å². The first-order valence-corrected chi connectivity index (χ1v) is 12.8. The molecular weight excluding hydrogens is 470 g/mol.